The molecule has 1 aromatic carbocycles. The summed E-state index contributed by atoms with van der Waals surface area (Å²) >= 11 is 1.52. The molecule has 3 aromatic rings. The first-order valence-electron chi connectivity index (χ1n) is 5.37. The van der Waals surface area contributed by atoms with E-state index in [1.807, 2.05) is 24.4 Å². The molecule has 90 valence electrons. The molecule has 0 aliphatic carbocycles. The summed E-state index contributed by atoms with van der Waals surface area (Å²) in [6.07, 6.45) is 3.48. The van der Waals surface area contributed by atoms with Crippen LogP contribution in [0.5, 0.6) is 0 Å². The number of rotatable bonds is 4. The molecule has 0 amide bonds. The summed E-state index contributed by atoms with van der Waals surface area (Å²) in [7, 11) is 0. The van der Waals surface area contributed by atoms with Crippen molar-refractivity contribution >= 4 is 11.8 Å². The number of hydrogen-bond donors (Lipinski definition) is 2. The summed E-state index contributed by atoms with van der Waals surface area (Å²) in [5.74, 6) is 0. The molecule has 2 N–H and O–H groups in total. The van der Waals surface area contributed by atoms with Gasteiger partial charge in [-0.05, 0) is 10.8 Å². The van der Waals surface area contributed by atoms with Crippen molar-refractivity contribution in [2.24, 2.45) is 0 Å². The Morgan fingerprint density at radius 3 is 2.72 bits per heavy atom. The fourth-order valence-electron chi connectivity index (χ4n) is 1.66. The van der Waals surface area contributed by atoms with Gasteiger partial charge >= 0.3 is 0 Å². The number of nitrogens with zero attached hydrogens (tertiary/aromatic N) is 4. The maximum Gasteiger partial charge on any atom is 0.231 e. The van der Waals surface area contributed by atoms with Gasteiger partial charge < -0.3 is 4.98 Å². The largest absolute Gasteiger partial charge is 0.347 e. The molecule has 6 nitrogen and oxygen atoms in total. The Kier molecular flexibility index (Phi) is 3.05. The maximum atomic E-state index is 4.06. The molecule has 0 saturated carbocycles. The minimum atomic E-state index is 0.0753. The Bertz CT molecular complexity index is 577. The third kappa shape index (κ3) is 2.25. The highest BCUT2D eigenvalue weighted by molar-refractivity contribution is 7.99. The number of tetrazole rings is 1. The summed E-state index contributed by atoms with van der Waals surface area (Å²) in [4.78, 5) is 7.19. The molecule has 0 radical (unpaired) electrons. The molecule has 0 fully saturated rings. The van der Waals surface area contributed by atoms with Gasteiger partial charge in [0, 0.05) is 6.20 Å². The van der Waals surface area contributed by atoms with Crippen LogP contribution in [-0.2, 0) is 0 Å². The first-order valence-corrected chi connectivity index (χ1v) is 6.25. The van der Waals surface area contributed by atoms with Crippen molar-refractivity contribution in [1.82, 2.24) is 30.6 Å². The Morgan fingerprint density at radius 1 is 1.17 bits per heavy atom. The van der Waals surface area contributed by atoms with E-state index in [0.717, 1.165) is 11.3 Å². The van der Waals surface area contributed by atoms with Crippen LogP contribution < -0.4 is 0 Å². The lowest BCUT2D eigenvalue weighted by Gasteiger charge is -2.12. The number of aromatic amines is 2. The van der Waals surface area contributed by atoms with Crippen LogP contribution in [0.4, 0.5) is 0 Å². The van der Waals surface area contributed by atoms with Crippen molar-refractivity contribution in [3.05, 3.63) is 54.1 Å². The molecule has 3 rings (SSSR count). The molecule has 0 spiro atoms. The second-order valence-corrected chi connectivity index (χ2v) is 4.68. The van der Waals surface area contributed by atoms with E-state index in [0.29, 0.717) is 5.16 Å². The zero-order valence-electron chi connectivity index (χ0n) is 9.32. The molecule has 0 bridgehead atoms. The molecule has 2 aromatic heterocycles. The first kappa shape index (κ1) is 11.0. The predicted octanol–water partition coefficient (Wildman–Crippen LogP) is 1.80. The highest BCUT2D eigenvalue weighted by Gasteiger charge is 2.18. The van der Waals surface area contributed by atoms with Gasteiger partial charge in [0.15, 0.2) is 0 Å². The second kappa shape index (κ2) is 5.01. The quantitative estimate of drug-likeness (QED) is 0.697. The van der Waals surface area contributed by atoms with E-state index in [1.165, 1.54) is 11.8 Å². The fraction of sp³-hybridized carbons (Fsp3) is 0.0909. The standard InChI is InChI=1S/C11H10N6S/c1-2-4-8(5-3-1)10(9-6-12-7-13-9)18-11-14-16-17-15-11/h1-7,10H,(H,12,13)(H,14,15,16,17). The molecule has 0 aliphatic rings. The minimum Gasteiger partial charge on any atom is -0.347 e. The monoisotopic (exact) mass is 258 g/mol. The molecule has 7 heteroatoms. The van der Waals surface area contributed by atoms with Crippen molar-refractivity contribution in [3.8, 4) is 0 Å². The van der Waals surface area contributed by atoms with Gasteiger partial charge in [0.1, 0.15) is 0 Å². The fourth-order valence-corrected chi connectivity index (χ4v) is 2.60. The molecular formula is C11H10N6S. The zero-order valence-corrected chi connectivity index (χ0v) is 10.1. The van der Waals surface area contributed by atoms with Crippen LogP contribution in [-0.4, -0.2) is 30.6 Å². The number of H-pyrrole nitrogens is 2. The summed E-state index contributed by atoms with van der Waals surface area (Å²) in [5, 5.41) is 14.7. The summed E-state index contributed by atoms with van der Waals surface area (Å²) in [6.45, 7) is 0. The van der Waals surface area contributed by atoms with Crippen LogP contribution >= 0.6 is 11.8 Å². The zero-order chi connectivity index (χ0) is 12.2. The number of benzene rings is 1. The van der Waals surface area contributed by atoms with E-state index in [9.17, 15) is 0 Å². The number of aromatic nitrogens is 6. The molecule has 1 unspecified atom stereocenters. The SMILES string of the molecule is c1ccc(C(Sc2nn[nH]n2)c2cnc[nH]2)cc1. The summed E-state index contributed by atoms with van der Waals surface area (Å²) in [5.41, 5.74) is 2.17. The lowest BCUT2D eigenvalue weighted by atomic mass is 10.1. The number of thioether (sulfide) groups is 1. The van der Waals surface area contributed by atoms with Crippen LogP contribution in [0, 0.1) is 0 Å². The average molecular weight is 258 g/mol. The van der Waals surface area contributed by atoms with Crippen LogP contribution in [0.3, 0.4) is 0 Å². The normalized spacial score (nSPS) is 12.4. The van der Waals surface area contributed by atoms with E-state index >= 15 is 0 Å². The van der Waals surface area contributed by atoms with Crippen molar-refractivity contribution in [1.29, 1.82) is 0 Å². The van der Waals surface area contributed by atoms with Gasteiger partial charge in [-0.2, -0.15) is 5.21 Å². The summed E-state index contributed by atoms with van der Waals surface area (Å²) in [6, 6.07) is 10.1. The van der Waals surface area contributed by atoms with Gasteiger partial charge in [-0.1, -0.05) is 42.1 Å². The van der Waals surface area contributed by atoms with Gasteiger partial charge in [-0.25, -0.2) is 4.98 Å². The minimum absolute atomic E-state index is 0.0753. The van der Waals surface area contributed by atoms with E-state index < -0.39 is 0 Å². The van der Waals surface area contributed by atoms with Crippen molar-refractivity contribution in [2.75, 3.05) is 0 Å². The van der Waals surface area contributed by atoms with Crippen LogP contribution in [0.15, 0.2) is 48.0 Å². The lowest BCUT2D eigenvalue weighted by molar-refractivity contribution is 0.881. The van der Waals surface area contributed by atoms with Crippen LogP contribution in [0.1, 0.15) is 16.5 Å². The van der Waals surface area contributed by atoms with Crippen molar-refractivity contribution < 1.29 is 0 Å². The molecule has 2 heterocycles. The lowest BCUT2D eigenvalue weighted by Crippen LogP contribution is -1.97. The Hall–Kier alpha value is -2.15. The number of imidazole rings is 1. The second-order valence-electron chi connectivity index (χ2n) is 3.61. The average Bonchev–Trinajstić information content (AvgIpc) is 3.10. The Morgan fingerprint density at radius 2 is 2.06 bits per heavy atom. The van der Waals surface area contributed by atoms with E-state index in [1.54, 1.807) is 6.33 Å². The van der Waals surface area contributed by atoms with E-state index in [2.05, 4.69) is 42.7 Å². The van der Waals surface area contributed by atoms with E-state index in [4.69, 9.17) is 0 Å². The molecule has 0 saturated heterocycles. The van der Waals surface area contributed by atoms with Gasteiger partial charge in [0.25, 0.3) is 0 Å². The van der Waals surface area contributed by atoms with Crippen LogP contribution in [0.25, 0.3) is 0 Å². The maximum absolute atomic E-state index is 4.06. The van der Waals surface area contributed by atoms with Gasteiger partial charge in [0.05, 0.1) is 17.3 Å². The highest BCUT2D eigenvalue weighted by Crippen LogP contribution is 2.37. The predicted molar refractivity (Wildman–Crippen MR) is 66.9 cm³/mol. The third-order valence-electron chi connectivity index (χ3n) is 2.45. The number of nitrogens with one attached hydrogen (secondary N) is 2. The molecule has 18 heavy (non-hydrogen) atoms. The van der Waals surface area contributed by atoms with Crippen LogP contribution in [0.2, 0.25) is 0 Å². The molecule has 0 aliphatic heterocycles. The molecular weight excluding hydrogens is 248 g/mol. The van der Waals surface area contributed by atoms with Gasteiger partial charge in [-0.3, -0.25) is 0 Å². The van der Waals surface area contributed by atoms with E-state index in [-0.39, 0.29) is 5.25 Å². The van der Waals surface area contributed by atoms with Gasteiger partial charge in [-0.15, -0.1) is 10.2 Å². The summed E-state index contributed by atoms with van der Waals surface area (Å²) < 4.78 is 0. The number of hydrogen-bond acceptors (Lipinski definition) is 5. The third-order valence-corrected chi connectivity index (χ3v) is 3.60. The highest BCUT2D eigenvalue weighted by atomic mass is 32.2. The Labute approximate surface area is 107 Å². The van der Waals surface area contributed by atoms with Gasteiger partial charge in [0.2, 0.25) is 5.16 Å². The van der Waals surface area contributed by atoms with Crippen molar-refractivity contribution in [3.63, 3.8) is 0 Å². The van der Waals surface area contributed by atoms with Crippen molar-refractivity contribution in [2.45, 2.75) is 10.4 Å². The smallest absolute Gasteiger partial charge is 0.231 e. The topological polar surface area (TPSA) is 83.1 Å². The first-order chi connectivity index (χ1) is 8.93. The Balaban J connectivity index is 1.94. The molecule has 1 atom stereocenters.